The topological polar surface area (TPSA) is 26.3 Å². The van der Waals surface area contributed by atoms with E-state index in [4.69, 9.17) is 0 Å². The van der Waals surface area contributed by atoms with Gasteiger partial charge in [-0.25, -0.2) is 0 Å². The molecule has 0 amide bonds. The van der Waals surface area contributed by atoms with Crippen LogP contribution in [0.1, 0.15) is 13.3 Å². The lowest BCUT2D eigenvalue weighted by molar-refractivity contribution is -0.116. The van der Waals surface area contributed by atoms with Gasteiger partial charge in [-0.2, -0.15) is 0 Å². The minimum absolute atomic E-state index is 0.0804. The van der Waals surface area contributed by atoms with Gasteiger partial charge in [0.1, 0.15) is 5.78 Å². The summed E-state index contributed by atoms with van der Waals surface area (Å²) in [5.74, 6) is 0.606. The van der Waals surface area contributed by atoms with Crippen LogP contribution >= 0.6 is 0 Å². The predicted octanol–water partition coefficient (Wildman–Crippen LogP) is 1.13. The molecule has 0 heterocycles. The molecule has 0 saturated carbocycles. The summed E-state index contributed by atoms with van der Waals surface area (Å²) in [5.41, 5.74) is 0. The standard InChI is InChI=1S/C6H10O2/c1-5(7)4-6(2)8-3/h2,4H2,1,3H3. The quantitative estimate of drug-likeness (QED) is 0.514. The average molecular weight is 114 g/mol. The van der Waals surface area contributed by atoms with Crippen LogP contribution in [-0.2, 0) is 9.53 Å². The van der Waals surface area contributed by atoms with E-state index in [0.29, 0.717) is 12.2 Å². The van der Waals surface area contributed by atoms with E-state index in [2.05, 4.69) is 11.3 Å². The number of methoxy groups -OCH3 is 1. The second kappa shape index (κ2) is 3.24. The molecule has 0 aliphatic rings. The van der Waals surface area contributed by atoms with Crippen molar-refractivity contribution in [2.75, 3.05) is 7.11 Å². The van der Waals surface area contributed by atoms with Gasteiger partial charge in [0.25, 0.3) is 0 Å². The number of carbonyl (C=O) groups excluding carboxylic acids is 1. The monoisotopic (exact) mass is 114 g/mol. The van der Waals surface area contributed by atoms with E-state index >= 15 is 0 Å². The lowest BCUT2D eigenvalue weighted by atomic mass is 10.3. The number of hydrogen-bond donors (Lipinski definition) is 0. The molecule has 0 N–H and O–H groups in total. The molecule has 0 aromatic carbocycles. The molecule has 46 valence electrons. The summed E-state index contributed by atoms with van der Waals surface area (Å²) < 4.78 is 4.65. The Labute approximate surface area is 49.1 Å². The molecule has 0 atom stereocenters. The van der Waals surface area contributed by atoms with Crippen LogP contribution in [0.4, 0.5) is 0 Å². The summed E-state index contributed by atoms with van der Waals surface area (Å²) in [6, 6.07) is 0. The van der Waals surface area contributed by atoms with Crippen molar-refractivity contribution in [1.82, 2.24) is 0 Å². The third-order valence-electron chi connectivity index (χ3n) is 0.735. The molecule has 0 spiro atoms. The van der Waals surface area contributed by atoms with E-state index in [1.54, 1.807) is 0 Å². The van der Waals surface area contributed by atoms with E-state index in [1.807, 2.05) is 0 Å². The molecule has 0 aromatic rings. The second-order valence-corrected chi connectivity index (χ2v) is 1.62. The van der Waals surface area contributed by atoms with Crippen molar-refractivity contribution in [1.29, 1.82) is 0 Å². The Hall–Kier alpha value is -0.790. The first kappa shape index (κ1) is 7.21. The van der Waals surface area contributed by atoms with Gasteiger partial charge in [0.15, 0.2) is 0 Å². The van der Waals surface area contributed by atoms with Crippen LogP contribution in [0.25, 0.3) is 0 Å². The average Bonchev–Trinajstić information content (AvgIpc) is 1.65. The van der Waals surface area contributed by atoms with E-state index in [-0.39, 0.29) is 5.78 Å². The van der Waals surface area contributed by atoms with Gasteiger partial charge in [-0.05, 0) is 6.92 Å². The Morgan fingerprint density at radius 1 is 1.75 bits per heavy atom. The van der Waals surface area contributed by atoms with Gasteiger partial charge in [-0.1, -0.05) is 6.58 Å². The number of hydrogen-bond acceptors (Lipinski definition) is 2. The Bertz CT molecular complexity index is 105. The molecular weight excluding hydrogens is 104 g/mol. The lowest BCUT2D eigenvalue weighted by Crippen LogP contribution is -1.93. The van der Waals surface area contributed by atoms with Gasteiger partial charge in [0.05, 0.1) is 19.3 Å². The van der Waals surface area contributed by atoms with Crippen LogP contribution in [0, 0.1) is 0 Å². The highest BCUT2D eigenvalue weighted by Crippen LogP contribution is 1.96. The zero-order chi connectivity index (χ0) is 6.57. The normalized spacial score (nSPS) is 8.25. The highest BCUT2D eigenvalue weighted by molar-refractivity contribution is 5.77. The fourth-order valence-electron chi connectivity index (χ4n) is 0.350. The third-order valence-corrected chi connectivity index (χ3v) is 0.735. The van der Waals surface area contributed by atoms with E-state index in [1.165, 1.54) is 14.0 Å². The fraction of sp³-hybridized carbons (Fsp3) is 0.500. The van der Waals surface area contributed by atoms with Crippen molar-refractivity contribution < 1.29 is 9.53 Å². The van der Waals surface area contributed by atoms with Crippen LogP contribution in [0.3, 0.4) is 0 Å². The Morgan fingerprint density at radius 3 is 2.38 bits per heavy atom. The summed E-state index contributed by atoms with van der Waals surface area (Å²) in [7, 11) is 1.51. The van der Waals surface area contributed by atoms with Crippen LogP contribution in [0.2, 0.25) is 0 Å². The van der Waals surface area contributed by atoms with Crippen molar-refractivity contribution in [3.8, 4) is 0 Å². The number of Topliss-reactive ketones (excluding diaryl/α,β-unsaturated/α-hetero) is 1. The Morgan fingerprint density at radius 2 is 2.25 bits per heavy atom. The smallest absolute Gasteiger partial charge is 0.137 e. The third kappa shape index (κ3) is 3.40. The van der Waals surface area contributed by atoms with Crippen molar-refractivity contribution >= 4 is 5.78 Å². The molecule has 0 aliphatic carbocycles. The highest BCUT2D eigenvalue weighted by atomic mass is 16.5. The summed E-state index contributed by atoms with van der Waals surface area (Å²) in [6.07, 6.45) is 0.330. The summed E-state index contributed by atoms with van der Waals surface area (Å²) in [6.45, 7) is 4.97. The summed E-state index contributed by atoms with van der Waals surface area (Å²) in [5, 5.41) is 0. The first-order valence-electron chi connectivity index (χ1n) is 2.38. The molecule has 0 radical (unpaired) electrons. The molecule has 8 heavy (non-hydrogen) atoms. The predicted molar refractivity (Wildman–Crippen MR) is 31.4 cm³/mol. The number of allylic oxidation sites excluding steroid dienone is 1. The van der Waals surface area contributed by atoms with E-state index in [9.17, 15) is 4.79 Å². The van der Waals surface area contributed by atoms with Gasteiger partial charge in [-0.15, -0.1) is 0 Å². The molecule has 0 unspecified atom stereocenters. The zero-order valence-corrected chi connectivity index (χ0v) is 5.23. The number of ether oxygens (including phenoxy) is 1. The van der Waals surface area contributed by atoms with Gasteiger partial charge in [-0.3, -0.25) is 4.79 Å². The molecule has 0 bridgehead atoms. The maximum atomic E-state index is 10.3. The molecule has 0 rings (SSSR count). The minimum Gasteiger partial charge on any atom is -0.501 e. The Kier molecular flexibility index (Phi) is 2.92. The van der Waals surface area contributed by atoms with E-state index in [0.717, 1.165) is 0 Å². The second-order valence-electron chi connectivity index (χ2n) is 1.62. The van der Waals surface area contributed by atoms with E-state index < -0.39 is 0 Å². The largest absolute Gasteiger partial charge is 0.501 e. The summed E-state index contributed by atoms with van der Waals surface area (Å²) >= 11 is 0. The van der Waals surface area contributed by atoms with Crippen molar-refractivity contribution in [3.05, 3.63) is 12.3 Å². The maximum absolute atomic E-state index is 10.3. The van der Waals surface area contributed by atoms with Crippen LogP contribution in [0.5, 0.6) is 0 Å². The van der Waals surface area contributed by atoms with Gasteiger partial charge < -0.3 is 4.74 Å². The van der Waals surface area contributed by atoms with Gasteiger partial charge in [0.2, 0.25) is 0 Å². The first-order chi connectivity index (χ1) is 3.66. The lowest BCUT2D eigenvalue weighted by Gasteiger charge is -1.97. The van der Waals surface area contributed by atoms with Crippen molar-refractivity contribution in [2.24, 2.45) is 0 Å². The van der Waals surface area contributed by atoms with Gasteiger partial charge in [0, 0.05) is 0 Å². The SMILES string of the molecule is C=C(CC(C)=O)OC. The number of carbonyl (C=O) groups is 1. The van der Waals surface area contributed by atoms with Gasteiger partial charge >= 0.3 is 0 Å². The molecule has 0 aromatic heterocycles. The van der Waals surface area contributed by atoms with Crippen LogP contribution < -0.4 is 0 Å². The zero-order valence-electron chi connectivity index (χ0n) is 5.23. The summed E-state index contributed by atoms with van der Waals surface area (Å²) in [4.78, 5) is 10.3. The number of rotatable bonds is 3. The molecule has 0 aliphatic heterocycles. The molecule has 2 heteroatoms. The van der Waals surface area contributed by atoms with Crippen LogP contribution in [-0.4, -0.2) is 12.9 Å². The number of ketones is 1. The van der Waals surface area contributed by atoms with Crippen molar-refractivity contribution in [3.63, 3.8) is 0 Å². The fourth-order valence-corrected chi connectivity index (χ4v) is 0.350. The van der Waals surface area contributed by atoms with Crippen molar-refractivity contribution in [2.45, 2.75) is 13.3 Å². The molecule has 0 saturated heterocycles. The molecule has 2 nitrogen and oxygen atoms in total. The van der Waals surface area contributed by atoms with Crippen LogP contribution in [0.15, 0.2) is 12.3 Å². The minimum atomic E-state index is 0.0804. The molecular formula is C6H10O2. The Balaban J connectivity index is 3.40. The maximum Gasteiger partial charge on any atom is 0.137 e. The first-order valence-corrected chi connectivity index (χ1v) is 2.38. The molecule has 0 fully saturated rings. The highest BCUT2D eigenvalue weighted by Gasteiger charge is 1.94.